The number of rotatable bonds is 3. The number of nitrogens with one attached hydrogen (secondary N) is 1. The zero-order chi connectivity index (χ0) is 9.31. The fraction of sp³-hybridized carbons (Fsp3) is 1.00. The lowest BCUT2D eigenvalue weighted by Crippen LogP contribution is -2.59. The molecule has 1 unspecified atom stereocenters. The van der Waals surface area contributed by atoms with E-state index in [2.05, 4.69) is 17.3 Å². The summed E-state index contributed by atoms with van der Waals surface area (Å²) in [6.07, 6.45) is 4.93. The third-order valence-corrected chi connectivity index (χ3v) is 3.16. The SMILES string of the molecule is CN1CCCC(CO)(NC2CC2)C1. The van der Waals surface area contributed by atoms with E-state index >= 15 is 0 Å². The minimum Gasteiger partial charge on any atom is -0.394 e. The van der Waals surface area contributed by atoms with Crippen molar-refractivity contribution in [1.82, 2.24) is 10.2 Å². The first-order chi connectivity index (χ1) is 6.24. The van der Waals surface area contributed by atoms with Crippen LogP contribution in [0.25, 0.3) is 0 Å². The van der Waals surface area contributed by atoms with Gasteiger partial charge in [-0.2, -0.15) is 0 Å². The molecule has 0 aromatic carbocycles. The Morgan fingerprint density at radius 2 is 2.31 bits per heavy atom. The van der Waals surface area contributed by atoms with E-state index < -0.39 is 0 Å². The van der Waals surface area contributed by atoms with Gasteiger partial charge >= 0.3 is 0 Å². The van der Waals surface area contributed by atoms with E-state index in [0.29, 0.717) is 6.04 Å². The normalized spacial score (nSPS) is 36.5. The zero-order valence-corrected chi connectivity index (χ0v) is 8.42. The van der Waals surface area contributed by atoms with Crippen molar-refractivity contribution in [3.8, 4) is 0 Å². The van der Waals surface area contributed by atoms with Crippen molar-refractivity contribution in [2.45, 2.75) is 37.3 Å². The molecule has 0 aromatic heterocycles. The molecule has 0 spiro atoms. The first-order valence-electron chi connectivity index (χ1n) is 5.31. The molecule has 1 saturated carbocycles. The Morgan fingerprint density at radius 3 is 2.85 bits per heavy atom. The van der Waals surface area contributed by atoms with Crippen molar-refractivity contribution in [3.05, 3.63) is 0 Å². The highest BCUT2D eigenvalue weighted by molar-refractivity contribution is 4.98. The summed E-state index contributed by atoms with van der Waals surface area (Å²) in [5, 5.41) is 13.0. The largest absolute Gasteiger partial charge is 0.394 e. The van der Waals surface area contributed by atoms with Crippen molar-refractivity contribution in [2.75, 3.05) is 26.7 Å². The van der Waals surface area contributed by atoms with Gasteiger partial charge in [0, 0.05) is 12.6 Å². The smallest absolute Gasteiger partial charge is 0.0625 e. The first-order valence-corrected chi connectivity index (χ1v) is 5.31. The van der Waals surface area contributed by atoms with E-state index in [1.54, 1.807) is 0 Å². The van der Waals surface area contributed by atoms with Crippen molar-refractivity contribution < 1.29 is 5.11 Å². The standard InChI is InChI=1S/C10H20N2O/c1-12-6-2-5-10(7-12,8-13)11-9-3-4-9/h9,11,13H,2-8H2,1H3. The number of nitrogens with zero attached hydrogens (tertiary/aromatic N) is 1. The highest BCUT2D eigenvalue weighted by Gasteiger charge is 2.38. The van der Waals surface area contributed by atoms with E-state index in [9.17, 15) is 5.11 Å². The Bertz CT molecular complexity index is 178. The molecule has 1 atom stereocenters. The van der Waals surface area contributed by atoms with Crippen LogP contribution in [0.2, 0.25) is 0 Å². The maximum atomic E-state index is 9.45. The summed E-state index contributed by atoms with van der Waals surface area (Å²) >= 11 is 0. The fourth-order valence-corrected chi connectivity index (χ4v) is 2.32. The molecular formula is C10H20N2O. The Labute approximate surface area is 80.1 Å². The van der Waals surface area contributed by atoms with E-state index in [4.69, 9.17) is 0 Å². The van der Waals surface area contributed by atoms with Crippen LogP contribution in [0.1, 0.15) is 25.7 Å². The van der Waals surface area contributed by atoms with Crippen LogP contribution < -0.4 is 5.32 Å². The minimum atomic E-state index is 0.00810. The molecule has 2 fully saturated rings. The van der Waals surface area contributed by atoms with Gasteiger partial charge in [-0.25, -0.2) is 0 Å². The van der Waals surface area contributed by atoms with Crippen molar-refractivity contribution in [2.24, 2.45) is 0 Å². The second kappa shape index (κ2) is 3.56. The van der Waals surface area contributed by atoms with Crippen LogP contribution >= 0.6 is 0 Å². The van der Waals surface area contributed by atoms with Crippen molar-refractivity contribution in [1.29, 1.82) is 0 Å². The van der Waals surface area contributed by atoms with Gasteiger partial charge in [-0.15, -0.1) is 0 Å². The third kappa shape index (κ3) is 2.22. The van der Waals surface area contributed by atoms with Crippen LogP contribution in [-0.4, -0.2) is 48.3 Å². The average molecular weight is 184 g/mol. The molecule has 2 aliphatic rings. The topological polar surface area (TPSA) is 35.5 Å². The highest BCUT2D eigenvalue weighted by Crippen LogP contribution is 2.27. The van der Waals surface area contributed by atoms with Crippen LogP contribution in [0.3, 0.4) is 0 Å². The Kier molecular flexibility index (Phi) is 2.58. The average Bonchev–Trinajstić information content (AvgIpc) is 2.88. The summed E-state index contributed by atoms with van der Waals surface area (Å²) in [5.74, 6) is 0. The number of aliphatic hydroxyl groups excluding tert-OH is 1. The monoisotopic (exact) mass is 184 g/mol. The Hall–Kier alpha value is -0.120. The predicted molar refractivity (Wildman–Crippen MR) is 52.7 cm³/mol. The maximum absolute atomic E-state index is 9.45. The highest BCUT2D eigenvalue weighted by atomic mass is 16.3. The lowest BCUT2D eigenvalue weighted by atomic mass is 9.90. The molecule has 2 rings (SSSR count). The Morgan fingerprint density at radius 1 is 1.54 bits per heavy atom. The summed E-state index contributed by atoms with van der Waals surface area (Å²) < 4.78 is 0. The molecule has 1 aliphatic carbocycles. The lowest BCUT2D eigenvalue weighted by molar-refractivity contribution is 0.0787. The van der Waals surface area contributed by atoms with Crippen molar-refractivity contribution >= 4 is 0 Å². The van der Waals surface area contributed by atoms with Gasteiger partial charge in [0.25, 0.3) is 0 Å². The molecule has 1 heterocycles. The molecule has 1 saturated heterocycles. The summed E-state index contributed by atoms with van der Waals surface area (Å²) in [6, 6.07) is 0.693. The molecule has 0 radical (unpaired) electrons. The summed E-state index contributed by atoms with van der Waals surface area (Å²) in [6.45, 7) is 2.46. The second-order valence-electron chi connectivity index (χ2n) is 4.70. The van der Waals surface area contributed by atoms with Gasteiger partial charge in [0.05, 0.1) is 12.1 Å². The van der Waals surface area contributed by atoms with Gasteiger partial charge in [-0.05, 0) is 39.3 Å². The van der Waals surface area contributed by atoms with Crippen molar-refractivity contribution in [3.63, 3.8) is 0 Å². The van der Waals surface area contributed by atoms with Gasteiger partial charge in [0.2, 0.25) is 0 Å². The number of hydrogen-bond donors (Lipinski definition) is 2. The van der Waals surface area contributed by atoms with E-state index in [0.717, 1.165) is 13.0 Å². The van der Waals surface area contributed by atoms with Crippen LogP contribution in [0.15, 0.2) is 0 Å². The van der Waals surface area contributed by atoms with Gasteiger partial charge in [0.1, 0.15) is 0 Å². The maximum Gasteiger partial charge on any atom is 0.0625 e. The molecule has 13 heavy (non-hydrogen) atoms. The number of aliphatic hydroxyl groups is 1. The molecule has 0 bridgehead atoms. The molecule has 2 N–H and O–H groups in total. The van der Waals surface area contributed by atoms with Gasteiger partial charge in [-0.1, -0.05) is 0 Å². The van der Waals surface area contributed by atoms with Gasteiger partial charge in [0.15, 0.2) is 0 Å². The fourth-order valence-electron chi connectivity index (χ4n) is 2.32. The number of likely N-dealkylation sites (tertiary alicyclic amines) is 1. The predicted octanol–water partition coefficient (Wildman–Crippen LogP) is 0.195. The molecule has 0 aromatic rings. The molecule has 0 amide bonds. The van der Waals surface area contributed by atoms with E-state index in [1.165, 1.54) is 25.8 Å². The first kappa shape index (κ1) is 9.44. The zero-order valence-electron chi connectivity index (χ0n) is 8.42. The van der Waals surface area contributed by atoms with E-state index in [-0.39, 0.29) is 12.1 Å². The van der Waals surface area contributed by atoms with Gasteiger partial charge in [-0.3, -0.25) is 0 Å². The third-order valence-electron chi connectivity index (χ3n) is 3.16. The Balaban J connectivity index is 1.94. The van der Waals surface area contributed by atoms with Crippen LogP contribution in [0, 0.1) is 0 Å². The lowest BCUT2D eigenvalue weighted by Gasteiger charge is -2.41. The molecule has 1 aliphatic heterocycles. The second-order valence-corrected chi connectivity index (χ2v) is 4.70. The molecule has 3 nitrogen and oxygen atoms in total. The summed E-state index contributed by atoms with van der Waals surface area (Å²) in [5.41, 5.74) is 0.00810. The molecular weight excluding hydrogens is 164 g/mol. The van der Waals surface area contributed by atoms with E-state index in [1.807, 2.05) is 0 Å². The quantitative estimate of drug-likeness (QED) is 0.657. The number of likely N-dealkylation sites (N-methyl/N-ethyl adjacent to an activating group) is 1. The van der Waals surface area contributed by atoms with Gasteiger partial charge < -0.3 is 15.3 Å². The molecule has 3 heteroatoms. The summed E-state index contributed by atoms with van der Waals surface area (Å²) in [4.78, 5) is 2.31. The van der Waals surface area contributed by atoms with Crippen LogP contribution in [-0.2, 0) is 0 Å². The summed E-state index contributed by atoms with van der Waals surface area (Å²) in [7, 11) is 2.14. The number of piperidine rings is 1. The minimum absolute atomic E-state index is 0.00810. The number of hydrogen-bond acceptors (Lipinski definition) is 3. The van der Waals surface area contributed by atoms with Crippen LogP contribution in [0.5, 0.6) is 0 Å². The molecule has 76 valence electrons. The van der Waals surface area contributed by atoms with Crippen LogP contribution in [0.4, 0.5) is 0 Å².